The van der Waals surface area contributed by atoms with Gasteiger partial charge in [0.05, 0.1) is 23.4 Å². The van der Waals surface area contributed by atoms with Gasteiger partial charge in [-0.15, -0.1) is 11.8 Å². The van der Waals surface area contributed by atoms with E-state index < -0.39 is 0 Å². The fraction of sp³-hybridized carbons (Fsp3) is 0.133. The minimum Gasteiger partial charge on any atom is -0.495 e. The van der Waals surface area contributed by atoms with Crippen LogP contribution in [-0.2, 0) is 5.75 Å². The quantitative estimate of drug-likeness (QED) is 0.682. The van der Waals surface area contributed by atoms with E-state index in [0.29, 0.717) is 22.0 Å². The van der Waals surface area contributed by atoms with Crippen molar-refractivity contribution in [1.29, 1.82) is 5.26 Å². The number of thioether (sulfide) groups is 1. The van der Waals surface area contributed by atoms with Crippen molar-refractivity contribution in [3.8, 4) is 11.8 Å². The van der Waals surface area contributed by atoms with Gasteiger partial charge in [0.2, 0.25) is 0 Å². The summed E-state index contributed by atoms with van der Waals surface area (Å²) in [4.78, 5) is 1.04. The first-order chi connectivity index (χ1) is 9.63. The normalized spacial score (nSPS) is 10.1. The molecule has 0 atom stereocenters. The molecular weight excluding hydrogens is 292 g/mol. The molecule has 2 aromatic carbocycles. The average molecular weight is 305 g/mol. The van der Waals surface area contributed by atoms with Crippen molar-refractivity contribution >= 4 is 29.1 Å². The Kier molecular flexibility index (Phi) is 4.78. The zero-order chi connectivity index (χ0) is 14.5. The number of benzene rings is 2. The highest BCUT2D eigenvalue weighted by molar-refractivity contribution is 7.98. The van der Waals surface area contributed by atoms with Crippen molar-refractivity contribution in [1.82, 2.24) is 0 Å². The molecule has 0 aliphatic carbocycles. The lowest BCUT2D eigenvalue weighted by Gasteiger charge is -2.07. The van der Waals surface area contributed by atoms with Crippen molar-refractivity contribution in [2.75, 3.05) is 12.8 Å². The first-order valence-corrected chi connectivity index (χ1v) is 7.25. The molecular formula is C15H13ClN2OS. The predicted octanol–water partition coefficient (Wildman–Crippen LogP) is 4.09. The average Bonchev–Trinajstić information content (AvgIpc) is 2.48. The van der Waals surface area contributed by atoms with Crippen LogP contribution in [0.25, 0.3) is 0 Å². The largest absolute Gasteiger partial charge is 0.495 e. The fourth-order valence-electron chi connectivity index (χ4n) is 1.70. The van der Waals surface area contributed by atoms with Crippen molar-refractivity contribution in [3.05, 3.63) is 52.5 Å². The van der Waals surface area contributed by atoms with E-state index in [9.17, 15) is 0 Å². The van der Waals surface area contributed by atoms with Crippen LogP contribution < -0.4 is 10.5 Å². The van der Waals surface area contributed by atoms with E-state index in [4.69, 9.17) is 27.3 Å². The Balaban J connectivity index is 2.11. The molecule has 0 bridgehead atoms. The van der Waals surface area contributed by atoms with Crippen molar-refractivity contribution < 1.29 is 4.74 Å². The standard InChI is InChI=1S/C15H13ClN2OS/c1-19-15-5-2-10(6-11(15)8-17)9-20-12-3-4-14(18)13(16)7-12/h2-7H,9,18H2,1H3. The molecule has 3 nitrogen and oxygen atoms in total. The Hall–Kier alpha value is -1.83. The van der Waals surface area contributed by atoms with E-state index in [1.54, 1.807) is 24.9 Å². The third kappa shape index (κ3) is 3.38. The van der Waals surface area contributed by atoms with Crippen LogP contribution in [0.4, 0.5) is 5.69 Å². The molecule has 0 aromatic heterocycles. The number of hydrogen-bond donors (Lipinski definition) is 1. The van der Waals surface area contributed by atoms with E-state index in [0.717, 1.165) is 16.2 Å². The molecule has 0 unspecified atom stereocenters. The maximum Gasteiger partial charge on any atom is 0.136 e. The van der Waals surface area contributed by atoms with Crippen LogP contribution in [0.15, 0.2) is 41.3 Å². The van der Waals surface area contributed by atoms with Gasteiger partial charge in [0.15, 0.2) is 0 Å². The third-order valence-electron chi connectivity index (χ3n) is 2.76. The van der Waals surface area contributed by atoms with Gasteiger partial charge in [0.25, 0.3) is 0 Å². The molecule has 0 spiro atoms. The molecule has 0 saturated carbocycles. The Morgan fingerprint density at radius 1 is 1.30 bits per heavy atom. The van der Waals surface area contributed by atoms with Crippen LogP contribution in [-0.4, -0.2) is 7.11 Å². The van der Waals surface area contributed by atoms with Gasteiger partial charge in [-0.1, -0.05) is 17.7 Å². The molecule has 0 amide bonds. The Labute approximate surface area is 127 Å². The van der Waals surface area contributed by atoms with Gasteiger partial charge in [-0.25, -0.2) is 0 Å². The Morgan fingerprint density at radius 3 is 2.75 bits per heavy atom. The van der Waals surface area contributed by atoms with Crippen molar-refractivity contribution in [3.63, 3.8) is 0 Å². The first-order valence-electron chi connectivity index (χ1n) is 5.89. The highest BCUT2D eigenvalue weighted by atomic mass is 35.5. The highest BCUT2D eigenvalue weighted by Gasteiger charge is 2.05. The van der Waals surface area contributed by atoms with Crippen LogP contribution >= 0.6 is 23.4 Å². The summed E-state index contributed by atoms with van der Waals surface area (Å²) in [5, 5.41) is 9.62. The van der Waals surface area contributed by atoms with Crippen molar-refractivity contribution in [2.45, 2.75) is 10.6 Å². The minimum absolute atomic E-state index is 0.543. The van der Waals surface area contributed by atoms with E-state index >= 15 is 0 Å². The number of nitrogens with two attached hydrogens (primary N) is 1. The van der Waals surface area contributed by atoms with Gasteiger partial charge in [-0.3, -0.25) is 0 Å². The Morgan fingerprint density at radius 2 is 2.10 bits per heavy atom. The number of rotatable bonds is 4. The molecule has 20 heavy (non-hydrogen) atoms. The SMILES string of the molecule is COc1ccc(CSc2ccc(N)c(Cl)c2)cc1C#N. The number of hydrogen-bond acceptors (Lipinski definition) is 4. The van der Waals surface area contributed by atoms with Crippen molar-refractivity contribution in [2.24, 2.45) is 0 Å². The summed E-state index contributed by atoms with van der Waals surface area (Å²) < 4.78 is 5.12. The number of anilines is 1. The molecule has 2 aromatic rings. The summed E-state index contributed by atoms with van der Waals surface area (Å²) >= 11 is 7.62. The molecule has 0 fully saturated rings. The molecule has 2 N–H and O–H groups in total. The highest BCUT2D eigenvalue weighted by Crippen LogP contribution is 2.29. The molecule has 5 heteroatoms. The maximum absolute atomic E-state index is 9.06. The maximum atomic E-state index is 9.06. The summed E-state index contributed by atoms with van der Waals surface area (Å²) in [5.74, 6) is 1.34. The molecule has 0 radical (unpaired) electrons. The number of methoxy groups -OCH3 is 1. The fourth-order valence-corrected chi connectivity index (χ4v) is 2.82. The number of nitriles is 1. The van der Waals surface area contributed by atoms with Gasteiger partial charge >= 0.3 is 0 Å². The van der Waals surface area contributed by atoms with E-state index in [-0.39, 0.29) is 0 Å². The second-order valence-corrected chi connectivity index (χ2v) is 5.57. The third-order valence-corrected chi connectivity index (χ3v) is 4.15. The molecule has 0 saturated heterocycles. The molecule has 0 aliphatic heterocycles. The van der Waals surface area contributed by atoms with E-state index in [1.807, 2.05) is 30.3 Å². The predicted molar refractivity (Wildman–Crippen MR) is 83.1 cm³/mol. The van der Waals surface area contributed by atoms with Gasteiger partial charge in [0, 0.05) is 10.6 Å². The van der Waals surface area contributed by atoms with Gasteiger partial charge < -0.3 is 10.5 Å². The lowest BCUT2D eigenvalue weighted by atomic mass is 10.1. The summed E-state index contributed by atoms with van der Waals surface area (Å²) in [7, 11) is 1.56. The Bertz CT molecular complexity index is 667. The molecule has 0 heterocycles. The van der Waals surface area contributed by atoms with E-state index in [1.165, 1.54) is 0 Å². The van der Waals surface area contributed by atoms with Crippen LogP contribution in [0.5, 0.6) is 5.75 Å². The topological polar surface area (TPSA) is 59.0 Å². The molecule has 102 valence electrons. The minimum atomic E-state index is 0.543. The smallest absolute Gasteiger partial charge is 0.136 e. The number of nitrogens with zero attached hydrogens (tertiary/aromatic N) is 1. The second kappa shape index (κ2) is 6.56. The van der Waals surface area contributed by atoms with E-state index in [2.05, 4.69) is 6.07 Å². The van der Waals surface area contributed by atoms with Gasteiger partial charge in [-0.05, 0) is 35.9 Å². The number of nitrogen functional groups attached to an aromatic ring is 1. The summed E-state index contributed by atoms with van der Waals surface area (Å²) in [6.45, 7) is 0. The zero-order valence-corrected chi connectivity index (χ0v) is 12.5. The van der Waals surface area contributed by atoms with Crippen LogP contribution in [0.2, 0.25) is 5.02 Å². The van der Waals surface area contributed by atoms with Crippen LogP contribution in [0, 0.1) is 11.3 Å². The first kappa shape index (κ1) is 14.6. The number of ether oxygens (including phenoxy) is 1. The molecule has 0 aliphatic rings. The van der Waals surface area contributed by atoms with Gasteiger partial charge in [0.1, 0.15) is 11.8 Å². The van der Waals surface area contributed by atoms with Crippen LogP contribution in [0.3, 0.4) is 0 Å². The van der Waals surface area contributed by atoms with Gasteiger partial charge in [-0.2, -0.15) is 5.26 Å². The van der Waals surface area contributed by atoms with Crippen LogP contribution in [0.1, 0.15) is 11.1 Å². The summed E-state index contributed by atoms with van der Waals surface area (Å²) in [6, 6.07) is 13.3. The monoisotopic (exact) mass is 304 g/mol. The second-order valence-electron chi connectivity index (χ2n) is 4.12. The molecule has 2 rings (SSSR count). The number of halogens is 1. The summed E-state index contributed by atoms with van der Waals surface area (Å²) in [6.07, 6.45) is 0. The lowest BCUT2D eigenvalue weighted by Crippen LogP contribution is -1.90. The lowest BCUT2D eigenvalue weighted by molar-refractivity contribution is 0.413. The summed E-state index contributed by atoms with van der Waals surface area (Å²) in [5.41, 5.74) is 7.85. The zero-order valence-electron chi connectivity index (χ0n) is 10.9.